The van der Waals surface area contributed by atoms with Crippen molar-refractivity contribution >= 4 is 34.2 Å². The van der Waals surface area contributed by atoms with Crippen LogP contribution in [0, 0.1) is 5.92 Å². The van der Waals surface area contributed by atoms with Crippen LogP contribution in [0.2, 0.25) is 0 Å². The number of ether oxygens (including phenoxy) is 1. The number of anilines is 1. The van der Waals surface area contributed by atoms with E-state index >= 15 is 0 Å². The Labute approximate surface area is 175 Å². The summed E-state index contributed by atoms with van der Waals surface area (Å²) in [5.74, 6) is -1.11. The van der Waals surface area contributed by atoms with Gasteiger partial charge in [-0.15, -0.1) is 0 Å². The molecule has 0 radical (unpaired) electrons. The Hall–Kier alpha value is -3.35. The normalized spacial score (nSPS) is 17.5. The first-order valence-electron chi connectivity index (χ1n) is 10.2. The van der Waals surface area contributed by atoms with E-state index in [-0.39, 0.29) is 24.3 Å². The molecule has 0 saturated carbocycles. The topological polar surface area (TPSA) is 111 Å². The van der Waals surface area contributed by atoms with Crippen LogP contribution in [0.25, 0.3) is 10.8 Å². The van der Waals surface area contributed by atoms with Gasteiger partial charge in [0.2, 0.25) is 5.91 Å². The second-order valence-corrected chi connectivity index (χ2v) is 7.34. The van der Waals surface area contributed by atoms with Crippen molar-refractivity contribution in [2.75, 3.05) is 18.9 Å². The Morgan fingerprint density at radius 1 is 1.30 bits per heavy atom. The summed E-state index contributed by atoms with van der Waals surface area (Å²) in [6.07, 6.45) is 4.88. The van der Waals surface area contributed by atoms with E-state index in [0.29, 0.717) is 24.2 Å². The Bertz CT molecular complexity index is 970. The number of nitrogens with two attached hydrogens (primary N) is 1. The summed E-state index contributed by atoms with van der Waals surface area (Å²) >= 11 is 0. The fraction of sp³-hybridized carbons (Fsp3) is 0.348. The first-order valence-corrected chi connectivity index (χ1v) is 10.2. The van der Waals surface area contributed by atoms with E-state index in [4.69, 9.17) is 10.5 Å². The zero-order valence-electron chi connectivity index (χ0n) is 17.0. The summed E-state index contributed by atoms with van der Waals surface area (Å²) in [4.78, 5) is 36.9. The predicted octanol–water partition coefficient (Wildman–Crippen LogP) is 2.56. The van der Waals surface area contributed by atoms with Gasteiger partial charge in [-0.25, -0.2) is 4.79 Å². The molecule has 2 atom stereocenters. The molecule has 0 aliphatic carbocycles. The largest absolute Gasteiger partial charge is 0.463 e. The number of carbonyl (C=O) groups is 3. The molecule has 30 heavy (non-hydrogen) atoms. The quantitative estimate of drug-likeness (QED) is 0.370. The van der Waals surface area contributed by atoms with E-state index in [0.717, 1.165) is 23.6 Å². The number of carbonyl (C=O) groups excluding carboxylic acids is 3. The van der Waals surface area contributed by atoms with Crippen molar-refractivity contribution in [3.8, 4) is 0 Å². The Balaban J connectivity index is 1.80. The molecule has 0 spiro atoms. The second-order valence-electron chi connectivity index (χ2n) is 7.34. The molecule has 7 heteroatoms. The standard InChI is InChI=1S/C23H27N3O4/c1-2-30-21(27)10-9-18(12-17-8-5-11-25-22(17)28)26-23(29)19-13-15-6-3-4-7-16(15)14-20(19)24/h3-4,6-7,9-10,13-14,17-18H,2,5,8,11-12,24H2,1H3,(H,25,28)(H,26,29)/b10-9+. The van der Waals surface area contributed by atoms with Crippen LogP contribution in [-0.4, -0.2) is 37.0 Å². The number of fused-ring (bicyclic) bond motifs is 1. The van der Waals surface area contributed by atoms with Crippen LogP contribution in [0.4, 0.5) is 5.69 Å². The maximum atomic E-state index is 13.0. The van der Waals surface area contributed by atoms with Crippen molar-refractivity contribution in [2.45, 2.75) is 32.2 Å². The van der Waals surface area contributed by atoms with Crippen molar-refractivity contribution in [1.29, 1.82) is 0 Å². The first kappa shape index (κ1) is 21.4. The zero-order valence-corrected chi connectivity index (χ0v) is 17.0. The minimum absolute atomic E-state index is 0.0322. The summed E-state index contributed by atoms with van der Waals surface area (Å²) in [6.45, 7) is 2.65. The van der Waals surface area contributed by atoms with Crippen molar-refractivity contribution in [3.63, 3.8) is 0 Å². The molecule has 1 aliphatic rings. The van der Waals surface area contributed by atoms with Crippen molar-refractivity contribution < 1.29 is 19.1 Å². The highest BCUT2D eigenvalue weighted by Crippen LogP contribution is 2.23. The van der Waals surface area contributed by atoms with Crippen LogP contribution in [0.5, 0.6) is 0 Å². The number of piperidine rings is 1. The van der Waals surface area contributed by atoms with Gasteiger partial charge in [0.1, 0.15) is 0 Å². The third-order valence-corrected chi connectivity index (χ3v) is 5.17. The molecule has 1 fully saturated rings. The summed E-state index contributed by atoms with van der Waals surface area (Å²) in [5, 5.41) is 7.61. The third-order valence-electron chi connectivity index (χ3n) is 5.17. The number of rotatable bonds is 7. The molecule has 4 N–H and O–H groups in total. The van der Waals surface area contributed by atoms with E-state index in [2.05, 4.69) is 10.6 Å². The van der Waals surface area contributed by atoms with Crippen molar-refractivity contribution in [2.24, 2.45) is 5.92 Å². The van der Waals surface area contributed by atoms with Gasteiger partial charge in [-0.2, -0.15) is 0 Å². The number of amides is 2. The predicted molar refractivity (Wildman–Crippen MR) is 116 cm³/mol. The van der Waals surface area contributed by atoms with Crippen LogP contribution in [-0.2, 0) is 14.3 Å². The zero-order chi connectivity index (χ0) is 21.5. The highest BCUT2D eigenvalue weighted by atomic mass is 16.5. The highest BCUT2D eigenvalue weighted by molar-refractivity contribution is 6.04. The van der Waals surface area contributed by atoms with E-state index in [1.165, 1.54) is 6.08 Å². The summed E-state index contributed by atoms with van der Waals surface area (Å²) in [5.41, 5.74) is 6.84. The van der Waals surface area contributed by atoms with Crippen LogP contribution in [0.1, 0.15) is 36.5 Å². The lowest BCUT2D eigenvalue weighted by Crippen LogP contribution is -2.42. The fourth-order valence-electron chi connectivity index (χ4n) is 3.64. The van der Waals surface area contributed by atoms with Crippen molar-refractivity contribution in [1.82, 2.24) is 10.6 Å². The molecule has 1 aliphatic heterocycles. The molecule has 7 nitrogen and oxygen atoms in total. The van der Waals surface area contributed by atoms with Crippen LogP contribution in [0.3, 0.4) is 0 Å². The van der Waals surface area contributed by atoms with Gasteiger partial charge in [0.05, 0.1) is 12.2 Å². The molecule has 1 saturated heterocycles. The molecule has 158 valence electrons. The molecule has 0 aromatic heterocycles. The van der Waals surface area contributed by atoms with Crippen LogP contribution in [0.15, 0.2) is 48.6 Å². The number of hydrogen-bond donors (Lipinski definition) is 3. The maximum absolute atomic E-state index is 13.0. The van der Waals surface area contributed by atoms with Gasteiger partial charge in [0, 0.05) is 30.3 Å². The van der Waals surface area contributed by atoms with Crippen LogP contribution < -0.4 is 16.4 Å². The van der Waals surface area contributed by atoms with Gasteiger partial charge in [-0.3, -0.25) is 9.59 Å². The first-order chi connectivity index (χ1) is 14.5. The number of nitrogens with one attached hydrogen (secondary N) is 2. The Kier molecular flexibility index (Phi) is 7.06. The molecule has 2 amide bonds. The molecule has 2 unspecified atom stereocenters. The summed E-state index contributed by atoms with van der Waals surface area (Å²) in [7, 11) is 0. The highest BCUT2D eigenvalue weighted by Gasteiger charge is 2.26. The lowest BCUT2D eigenvalue weighted by atomic mass is 9.91. The lowest BCUT2D eigenvalue weighted by Gasteiger charge is -2.25. The second kappa shape index (κ2) is 9.91. The molecule has 2 aromatic carbocycles. The van der Waals surface area contributed by atoms with Gasteiger partial charge in [0.15, 0.2) is 0 Å². The smallest absolute Gasteiger partial charge is 0.330 e. The van der Waals surface area contributed by atoms with Gasteiger partial charge in [0.25, 0.3) is 5.91 Å². The van der Waals surface area contributed by atoms with Gasteiger partial charge >= 0.3 is 5.97 Å². The summed E-state index contributed by atoms with van der Waals surface area (Å²) in [6, 6.07) is 10.7. The van der Waals surface area contributed by atoms with Gasteiger partial charge in [-0.1, -0.05) is 30.3 Å². The maximum Gasteiger partial charge on any atom is 0.330 e. The Morgan fingerprint density at radius 2 is 2.03 bits per heavy atom. The molecule has 1 heterocycles. The molecular formula is C23H27N3O4. The average Bonchev–Trinajstić information content (AvgIpc) is 2.73. The number of esters is 1. The number of nitrogen functional groups attached to an aromatic ring is 1. The van der Waals surface area contributed by atoms with Crippen molar-refractivity contribution in [3.05, 3.63) is 54.1 Å². The SMILES string of the molecule is CCOC(=O)/C=C/C(CC1CCCNC1=O)NC(=O)c1cc2ccccc2cc1N. The monoisotopic (exact) mass is 409 g/mol. The molecular weight excluding hydrogens is 382 g/mol. The fourth-order valence-corrected chi connectivity index (χ4v) is 3.64. The average molecular weight is 409 g/mol. The van der Waals surface area contributed by atoms with E-state index in [9.17, 15) is 14.4 Å². The third kappa shape index (κ3) is 5.37. The number of benzene rings is 2. The summed E-state index contributed by atoms with van der Waals surface area (Å²) < 4.78 is 4.92. The molecule has 0 bridgehead atoms. The lowest BCUT2D eigenvalue weighted by molar-refractivity contribution is -0.137. The van der Waals surface area contributed by atoms with E-state index < -0.39 is 12.0 Å². The van der Waals surface area contributed by atoms with Crippen LogP contribution >= 0.6 is 0 Å². The number of hydrogen-bond acceptors (Lipinski definition) is 5. The Morgan fingerprint density at radius 3 is 2.73 bits per heavy atom. The van der Waals surface area contributed by atoms with E-state index in [1.807, 2.05) is 24.3 Å². The minimum atomic E-state index is -0.512. The minimum Gasteiger partial charge on any atom is -0.463 e. The molecule has 2 aromatic rings. The van der Waals surface area contributed by atoms with E-state index in [1.54, 1.807) is 25.1 Å². The van der Waals surface area contributed by atoms with Gasteiger partial charge in [-0.05, 0) is 49.1 Å². The van der Waals surface area contributed by atoms with Gasteiger partial charge < -0.3 is 21.1 Å². The molecule has 3 rings (SSSR count).